The number of alkyl halides is 2. The molecule has 1 aliphatic heterocycles. The van der Waals surface area contributed by atoms with Gasteiger partial charge in [0, 0.05) is 12.1 Å². The van der Waals surface area contributed by atoms with Crippen LogP contribution >= 0.6 is 12.4 Å². The molecule has 0 aromatic heterocycles. The smallest absolute Gasteiger partial charge is 0.387 e. The van der Waals surface area contributed by atoms with Crippen molar-refractivity contribution in [1.82, 2.24) is 5.32 Å². The summed E-state index contributed by atoms with van der Waals surface area (Å²) in [7, 11) is 0. The number of halogens is 3. The van der Waals surface area contributed by atoms with Crippen LogP contribution in [0.1, 0.15) is 11.6 Å². The lowest BCUT2D eigenvalue weighted by molar-refractivity contribution is -0.0512. The minimum absolute atomic E-state index is 0. The van der Waals surface area contributed by atoms with E-state index in [0.29, 0.717) is 25.3 Å². The average Bonchev–Trinajstić information content (AvgIpc) is 2.30. The summed E-state index contributed by atoms with van der Waals surface area (Å²) in [4.78, 5) is 0. The van der Waals surface area contributed by atoms with Crippen LogP contribution in [0.5, 0.6) is 5.75 Å². The van der Waals surface area contributed by atoms with E-state index in [1.807, 2.05) is 0 Å². The molecule has 0 spiro atoms. The Morgan fingerprint density at radius 2 is 2.12 bits per heavy atom. The predicted octanol–water partition coefficient (Wildman–Crippen LogP) is 2.37. The van der Waals surface area contributed by atoms with Gasteiger partial charge in [0.25, 0.3) is 0 Å². The second kappa shape index (κ2) is 6.74. The molecule has 0 saturated carbocycles. The first-order valence-electron chi connectivity index (χ1n) is 5.12. The summed E-state index contributed by atoms with van der Waals surface area (Å²) >= 11 is 0. The van der Waals surface area contributed by atoms with Crippen molar-refractivity contribution in [3.8, 4) is 5.75 Å². The first kappa shape index (κ1) is 14.2. The fourth-order valence-electron chi connectivity index (χ4n) is 1.74. The van der Waals surface area contributed by atoms with E-state index in [2.05, 4.69) is 10.1 Å². The lowest BCUT2D eigenvalue weighted by Gasteiger charge is -2.25. The maximum Gasteiger partial charge on any atom is 0.387 e. The van der Waals surface area contributed by atoms with Gasteiger partial charge in [-0.3, -0.25) is 0 Å². The molecular weight excluding hydrogens is 252 g/mol. The molecule has 17 heavy (non-hydrogen) atoms. The Balaban J connectivity index is 0.00000144. The van der Waals surface area contributed by atoms with E-state index in [9.17, 15) is 8.78 Å². The first-order valence-corrected chi connectivity index (χ1v) is 5.12. The van der Waals surface area contributed by atoms with Gasteiger partial charge in [-0.1, -0.05) is 18.2 Å². The summed E-state index contributed by atoms with van der Waals surface area (Å²) in [6, 6.07) is 6.69. The molecule has 0 aliphatic carbocycles. The summed E-state index contributed by atoms with van der Waals surface area (Å²) in [6.45, 7) is -0.961. The van der Waals surface area contributed by atoms with Crippen LogP contribution in [0.3, 0.4) is 0 Å². The summed E-state index contributed by atoms with van der Waals surface area (Å²) in [5.74, 6) is 0.209. The molecule has 1 heterocycles. The molecule has 1 atom stereocenters. The zero-order chi connectivity index (χ0) is 11.4. The molecule has 1 saturated heterocycles. The summed E-state index contributed by atoms with van der Waals surface area (Å²) in [5.41, 5.74) is 0.711. The Morgan fingerprint density at radius 1 is 1.35 bits per heavy atom. The molecule has 1 aliphatic rings. The van der Waals surface area contributed by atoms with Gasteiger partial charge in [0.1, 0.15) is 5.75 Å². The van der Waals surface area contributed by atoms with Gasteiger partial charge in [-0.25, -0.2) is 0 Å². The highest BCUT2D eigenvalue weighted by molar-refractivity contribution is 5.85. The molecule has 2 rings (SSSR count). The van der Waals surface area contributed by atoms with Crippen molar-refractivity contribution in [2.45, 2.75) is 12.7 Å². The van der Waals surface area contributed by atoms with Crippen LogP contribution in [-0.4, -0.2) is 26.4 Å². The van der Waals surface area contributed by atoms with E-state index >= 15 is 0 Å². The topological polar surface area (TPSA) is 30.5 Å². The van der Waals surface area contributed by atoms with Crippen molar-refractivity contribution >= 4 is 12.4 Å². The second-order valence-electron chi connectivity index (χ2n) is 3.50. The van der Waals surface area contributed by atoms with E-state index in [4.69, 9.17) is 4.74 Å². The van der Waals surface area contributed by atoms with Crippen LogP contribution in [0.25, 0.3) is 0 Å². The summed E-state index contributed by atoms with van der Waals surface area (Å²) in [6.07, 6.45) is 0. The SMILES string of the molecule is Cl.FC(F)Oc1ccccc1[C@H]1COCCN1. The largest absolute Gasteiger partial charge is 0.434 e. The number of nitrogens with one attached hydrogen (secondary N) is 1. The van der Waals surface area contributed by atoms with Crippen LogP contribution in [0.2, 0.25) is 0 Å². The first-order chi connectivity index (χ1) is 7.77. The number of para-hydroxylation sites is 1. The van der Waals surface area contributed by atoms with Crippen molar-refractivity contribution in [3.63, 3.8) is 0 Å². The van der Waals surface area contributed by atoms with E-state index < -0.39 is 6.61 Å². The van der Waals surface area contributed by atoms with Gasteiger partial charge in [-0.2, -0.15) is 8.78 Å². The fraction of sp³-hybridized carbons (Fsp3) is 0.455. The minimum Gasteiger partial charge on any atom is -0.434 e. The van der Waals surface area contributed by atoms with Gasteiger partial charge >= 0.3 is 6.61 Å². The third-order valence-electron chi connectivity index (χ3n) is 2.43. The highest BCUT2D eigenvalue weighted by atomic mass is 35.5. The Kier molecular flexibility index (Phi) is 5.61. The normalized spacial score (nSPS) is 19.8. The molecule has 0 amide bonds. The van der Waals surface area contributed by atoms with Crippen molar-refractivity contribution in [1.29, 1.82) is 0 Å². The monoisotopic (exact) mass is 265 g/mol. The van der Waals surface area contributed by atoms with Gasteiger partial charge in [-0.05, 0) is 6.07 Å². The molecule has 0 unspecified atom stereocenters. The van der Waals surface area contributed by atoms with E-state index in [-0.39, 0.29) is 24.2 Å². The quantitative estimate of drug-likeness (QED) is 0.910. The molecule has 1 N–H and O–H groups in total. The molecule has 1 aromatic carbocycles. The third-order valence-corrected chi connectivity index (χ3v) is 2.43. The molecule has 0 bridgehead atoms. The minimum atomic E-state index is -2.80. The van der Waals surface area contributed by atoms with E-state index in [1.165, 1.54) is 6.07 Å². The molecule has 3 nitrogen and oxygen atoms in total. The summed E-state index contributed by atoms with van der Waals surface area (Å²) < 4.78 is 34.1. The maximum absolute atomic E-state index is 12.2. The Morgan fingerprint density at radius 3 is 2.76 bits per heavy atom. The average molecular weight is 266 g/mol. The zero-order valence-corrected chi connectivity index (χ0v) is 9.88. The van der Waals surface area contributed by atoms with Crippen LogP contribution < -0.4 is 10.1 Å². The van der Waals surface area contributed by atoms with Gasteiger partial charge < -0.3 is 14.8 Å². The molecule has 1 aromatic rings. The Labute approximate surface area is 105 Å². The third kappa shape index (κ3) is 3.80. The van der Waals surface area contributed by atoms with E-state index in [0.717, 1.165) is 0 Å². The molecule has 0 radical (unpaired) electrons. The number of ether oxygens (including phenoxy) is 2. The number of rotatable bonds is 3. The second-order valence-corrected chi connectivity index (χ2v) is 3.50. The highest BCUT2D eigenvalue weighted by Crippen LogP contribution is 2.27. The van der Waals surface area contributed by atoms with Crippen LogP contribution in [0.15, 0.2) is 24.3 Å². The summed E-state index contributed by atoms with van der Waals surface area (Å²) in [5, 5.41) is 3.20. The molecule has 96 valence electrons. The van der Waals surface area contributed by atoms with Crippen LogP contribution in [-0.2, 0) is 4.74 Å². The van der Waals surface area contributed by atoms with Gasteiger partial charge in [0.2, 0.25) is 0 Å². The van der Waals surface area contributed by atoms with Crippen LogP contribution in [0, 0.1) is 0 Å². The number of morpholine rings is 1. The van der Waals surface area contributed by atoms with Gasteiger partial charge in [0.15, 0.2) is 0 Å². The number of hydrogen-bond acceptors (Lipinski definition) is 3. The van der Waals surface area contributed by atoms with Gasteiger partial charge in [-0.15, -0.1) is 12.4 Å². The van der Waals surface area contributed by atoms with Crippen molar-refractivity contribution in [2.75, 3.05) is 19.8 Å². The predicted molar refractivity (Wildman–Crippen MR) is 61.9 cm³/mol. The standard InChI is InChI=1S/C11H13F2NO2.ClH/c12-11(13)16-10-4-2-1-3-8(10)9-7-15-6-5-14-9;/h1-4,9,11,14H,5-7H2;1H/t9-;/m1./s1. The fourth-order valence-corrected chi connectivity index (χ4v) is 1.74. The molecular formula is C11H14ClF2NO2. The zero-order valence-electron chi connectivity index (χ0n) is 9.07. The lowest BCUT2D eigenvalue weighted by Crippen LogP contribution is -2.34. The van der Waals surface area contributed by atoms with Crippen LogP contribution in [0.4, 0.5) is 8.78 Å². The number of benzene rings is 1. The Hall–Kier alpha value is -0.910. The van der Waals surface area contributed by atoms with Crippen molar-refractivity contribution < 1.29 is 18.3 Å². The van der Waals surface area contributed by atoms with E-state index in [1.54, 1.807) is 18.2 Å². The van der Waals surface area contributed by atoms with Gasteiger partial charge in [0.05, 0.1) is 19.3 Å². The lowest BCUT2D eigenvalue weighted by atomic mass is 10.1. The Bertz CT molecular complexity index is 346. The molecule has 1 fully saturated rings. The van der Waals surface area contributed by atoms with Crippen molar-refractivity contribution in [3.05, 3.63) is 29.8 Å². The molecule has 6 heteroatoms. The highest BCUT2D eigenvalue weighted by Gasteiger charge is 2.20. The number of hydrogen-bond donors (Lipinski definition) is 1. The maximum atomic E-state index is 12.2. The van der Waals surface area contributed by atoms with Crippen molar-refractivity contribution in [2.24, 2.45) is 0 Å².